The third kappa shape index (κ3) is 11.0. The zero-order valence-corrected chi connectivity index (χ0v) is 37.1. The number of rotatable bonds is 17. The molecule has 6 rings (SSSR count). The smallest absolute Gasteiger partial charge is 0.326 e. The Bertz CT molecular complexity index is 1770. The topological polar surface area (TPSA) is 156 Å². The van der Waals surface area contributed by atoms with Gasteiger partial charge in [0.25, 0.3) is 0 Å². The van der Waals surface area contributed by atoms with Crippen LogP contribution < -0.4 is 24.3 Å². The van der Waals surface area contributed by atoms with Crippen LogP contribution in [0.3, 0.4) is 0 Å². The number of hydrogen-bond donors (Lipinski definition) is 2. The fourth-order valence-corrected chi connectivity index (χ4v) is 9.51. The molecule has 14 nitrogen and oxygen atoms in total. The molecule has 0 aromatic heterocycles. The molecule has 0 radical (unpaired) electrons. The van der Waals surface area contributed by atoms with Crippen molar-refractivity contribution in [2.75, 3.05) is 68.3 Å². The summed E-state index contributed by atoms with van der Waals surface area (Å²) < 4.78 is 26.9. The molecule has 4 aliphatic rings. The second kappa shape index (κ2) is 21.8. The van der Waals surface area contributed by atoms with Crippen molar-refractivity contribution in [3.8, 4) is 23.0 Å². The van der Waals surface area contributed by atoms with Gasteiger partial charge in [-0.25, -0.2) is 4.79 Å². The average molecular weight is 837 g/mol. The van der Waals surface area contributed by atoms with Gasteiger partial charge in [0, 0.05) is 44.6 Å². The molecule has 0 bridgehead atoms. The first-order chi connectivity index (χ1) is 28.9. The number of nitrogens with zero attached hydrogens (tertiary/aromatic N) is 3. The highest BCUT2D eigenvalue weighted by Crippen LogP contribution is 2.43. The molecule has 1 saturated heterocycles. The van der Waals surface area contributed by atoms with E-state index in [0.717, 1.165) is 101 Å². The quantitative estimate of drug-likeness (QED) is 0.200. The number of carbonyl (C=O) groups excluding carboxylic acids is 3. The number of carbonyl (C=O) groups is 4. The Morgan fingerprint density at radius 3 is 2.02 bits per heavy atom. The van der Waals surface area contributed by atoms with Crippen LogP contribution in [0.15, 0.2) is 24.3 Å². The molecule has 2 aromatic carbocycles. The maximum absolute atomic E-state index is 13.1. The van der Waals surface area contributed by atoms with Gasteiger partial charge in [-0.15, -0.1) is 0 Å². The van der Waals surface area contributed by atoms with Crippen LogP contribution >= 0.6 is 0 Å². The fraction of sp³-hybridized carbons (Fsp3) is 0.652. The summed E-state index contributed by atoms with van der Waals surface area (Å²) in [5.74, 6) is 2.50. The molecule has 2 amide bonds. The lowest BCUT2D eigenvalue weighted by molar-refractivity contribution is -0.152. The Morgan fingerprint density at radius 2 is 1.45 bits per heavy atom. The van der Waals surface area contributed by atoms with Gasteiger partial charge >= 0.3 is 11.9 Å². The molecule has 2 fully saturated rings. The predicted molar refractivity (Wildman–Crippen MR) is 228 cm³/mol. The molecular weight excluding hydrogens is 769 g/mol. The summed E-state index contributed by atoms with van der Waals surface area (Å²) in [4.78, 5) is 55.8. The van der Waals surface area contributed by atoms with Gasteiger partial charge in [-0.2, -0.15) is 0 Å². The molecule has 14 heteroatoms. The van der Waals surface area contributed by atoms with E-state index in [-0.39, 0.29) is 29.7 Å². The van der Waals surface area contributed by atoms with E-state index in [0.29, 0.717) is 31.8 Å². The van der Waals surface area contributed by atoms with E-state index in [2.05, 4.69) is 41.5 Å². The summed E-state index contributed by atoms with van der Waals surface area (Å²) in [5.41, 5.74) is 5.12. The van der Waals surface area contributed by atoms with Crippen molar-refractivity contribution in [3.05, 3.63) is 46.5 Å². The SMILES string of the molecule is CCC[C@H](N[C@@H](C)C(=O)N1[C@H](C(=O)O)C[C@@H]2CCCC[C@@H]21)C(=O)OCC.COc1cc2c(cc1OC)CCN(C(=O)CCN(C)C[C@H]1Cc3cc(OC)c(OC)cc31)CC2. The van der Waals surface area contributed by atoms with Crippen molar-refractivity contribution in [1.82, 2.24) is 20.0 Å². The molecule has 6 atom stereocenters. The summed E-state index contributed by atoms with van der Waals surface area (Å²) in [6, 6.07) is 6.36. The summed E-state index contributed by atoms with van der Waals surface area (Å²) in [6.07, 6.45) is 9.11. The van der Waals surface area contributed by atoms with Gasteiger partial charge in [-0.05, 0) is 118 Å². The zero-order valence-electron chi connectivity index (χ0n) is 37.1. The van der Waals surface area contributed by atoms with Crippen LogP contribution in [0.5, 0.6) is 23.0 Å². The standard InChI is InChI=1S/C27H36N2O5.C19H32N2O5/c1-28(17-21-12-20-15-25(33-4)26(34-5)16-22(20)21)9-8-27(30)29-10-6-18-13-23(31-2)24(32-3)14-19(18)7-11-29;1-4-8-14(19(25)26-5-2)20-12(3)17(22)21-15-10-7-6-9-13(15)11-16(21)18(23)24/h13-16,21H,6-12,17H2,1-5H3;12-16,20H,4-11H2,1-3H3,(H,23,24)/t21-;12-,13-,14-,15-,16-/m10/s1. The van der Waals surface area contributed by atoms with Crippen LogP contribution in [0.25, 0.3) is 0 Å². The number of hydrogen-bond acceptors (Lipinski definition) is 11. The number of nitrogens with one attached hydrogen (secondary N) is 1. The van der Waals surface area contributed by atoms with Gasteiger partial charge in [0.05, 0.1) is 41.1 Å². The summed E-state index contributed by atoms with van der Waals surface area (Å²) in [5, 5.41) is 12.7. The normalized spacial score (nSPS) is 21.4. The number of ether oxygens (including phenoxy) is 5. The molecule has 2 aromatic rings. The average Bonchev–Trinajstić information content (AvgIpc) is 3.52. The van der Waals surface area contributed by atoms with E-state index in [9.17, 15) is 24.3 Å². The highest BCUT2D eigenvalue weighted by atomic mass is 16.5. The molecule has 2 aliphatic heterocycles. The van der Waals surface area contributed by atoms with Crippen LogP contribution in [0.1, 0.15) is 100 Å². The number of fused-ring (bicyclic) bond motifs is 3. The van der Waals surface area contributed by atoms with Gasteiger partial charge < -0.3 is 43.5 Å². The van der Waals surface area contributed by atoms with Crippen molar-refractivity contribution in [3.63, 3.8) is 0 Å². The van der Waals surface area contributed by atoms with E-state index in [1.165, 1.54) is 22.3 Å². The van der Waals surface area contributed by atoms with Crippen molar-refractivity contribution < 1.29 is 48.0 Å². The Labute approximate surface area is 356 Å². The Kier molecular flexibility index (Phi) is 16.9. The molecule has 60 heavy (non-hydrogen) atoms. The molecule has 2 aliphatic carbocycles. The van der Waals surface area contributed by atoms with Crippen molar-refractivity contribution in [2.24, 2.45) is 5.92 Å². The van der Waals surface area contributed by atoms with Gasteiger partial charge in [0.2, 0.25) is 11.8 Å². The van der Waals surface area contributed by atoms with Crippen molar-refractivity contribution in [1.29, 1.82) is 0 Å². The number of benzene rings is 2. The number of carboxylic acids is 1. The molecule has 0 unspecified atom stereocenters. The fourth-order valence-electron chi connectivity index (χ4n) is 9.51. The first-order valence-electron chi connectivity index (χ1n) is 21.8. The third-order valence-corrected chi connectivity index (χ3v) is 12.7. The molecule has 2 heterocycles. The van der Waals surface area contributed by atoms with Crippen LogP contribution in [-0.4, -0.2) is 136 Å². The Balaban J connectivity index is 0.000000237. The number of esters is 1. The molecule has 2 N–H and O–H groups in total. The lowest BCUT2D eigenvalue weighted by Crippen LogP contribution is -2.55. The predicted octanol–water partition coefficient (Wildman–Crippen LogP) is 5.25. The van der Waals surface area contributed by atoms with E-state index in [4.69, 9.17) is 23.7 Å². The monoisotopic (exact) mass is 836 g/mol. The highest BCUT2D eigenvalue weighted by Gasteiger charge is 2.48. The minimum absolute atomic E-state index is 0.00817. The maximum atomic E-state index is 13.1. The second-order valence-electron chi connectivity index (χ2n) is 16.6. The van der Waals surface area contributed by atoms with Gasteiger partial charge in [0.15, 0.2) is 23.0 Å². The summed E-state index contributed by atoms with van der Waals surface area (Å²) in [7, 11) is 8.75. The number of carboxylic acid groups (broad SMARTS) is 1. The lowest BCUT2D eigenvalue weighted by Gasteiger charge is -2.35. The Hall–Kier alpha value is -4.56. The summed E-state index contributed by atoms with van der Waals surface area (Å²) >= 11 is 0. The second-order valence-corrected chi connectivity index (χ2v) is 16.6. The van der Waals surface area contributed by atoms with E-state index in [1.807, 2.05) is 11.8 Å². The van der Waals surface area contributed by atoms with E-state index < -0.39 is 24.1 Å². The Morgan fingerprint density at radius 1 is 0.867 bits per heavy atom. The minimum Gasteiger partial charge on any atom is -0.493 e. The van der Waals surface area contributed by atoms with Gasteiger partial charge in [-0.3, -0.25) is 19.7 Å². The van der Waals surface area contributed by atoms with E-state index in [1.54, 1.807) is 47.2 Å². The minimum atomic E-state index is -0.935. The van der Waals surface area contributed by atoms with Crippen LogP contribution in [0.4, 0.5) is 0 Å². The lowest BCUT2D eigenvalue weighted by atomic mass is 9.77. The van der Waals surface area contributed by atoms with E-state index >= 15 is 0 Å². The number of likely N-dealkylation sites (tertiary alicyclic amines) is 1. The number of methoxy groups -OCH3 is 4. The van der Waals surface area contributed by atoms with Crippen molar-refractivity contribution in [2.45, 2.75) is 121 Å². The van der Waals surface area contributed by atoms with Gasteiger partial charge in [0.1, 0.15) is 12.1 Å². The first-order valence-corrected chi connectivity index (χ1v) is 21.8. The van der Waals surface area contributed by atoms with Crippen LogP contribution in [0, 0.1) is 5.92 Å². The first kappa shape index (κ1) is 46.5. The molecule has 332 valence electrons. The highest BCUT2D eigenvalue weighted by molar-refractivity contribution is 5.88. The molecule has 1 saturated carbocycles. The summed E-state index contributed by atoms with van der Waals surface area (Å²) in [6.45, 7) is 8.88. The third-order valence-electron chi connectivity index (χ3n) is 12.7. The molecular formula is C46H68N4O10. The van der Waals surface area contributed by atoms with Gasteiger partial charge in [-0.1, -0.05) is 26.2 Å². The zero-order chi connectivity index (χ0) is 43.5. The maximum Gasteiger partial charge on any atom is 0.326 e. The number of aliphatic carboxylic acids is 1. The number of likely N-dealkylation sites (N-methyl/N-ethyl adjacent to an activating group) is 1. The van der Waals surface area contributed by atoms with Crippen LogP contribution in [0.2, 0.25) is 0 Å². The number of amides is 2. The van der Waals surface area contributed by atoms with Crippen LogP contribution in [-0.2, 0) is 43.2 Å². The largest absolute Gasteiger partial charge is 0.493 e. The molecule has 0 spiro atoms. The van der Waals surface area contributed by atoms with Crippen molar-refractivity contribution >= 4 is 23.8 Å².